The van der Waals surface area contributed by atoms with E-state index >= 15 is 4.39 Å². The Hall–Kier alpha value is -3.95. The number of fused-ring (bicyclic) bond motifs is 3. The number of hydrogen-bond donors (Lipinski definition) is 1. The van der Waals surface area contributed by atoms with Gasteiger partial charge >= 0.3 is 12.2 Å². The van der Waals surface area contributed by atoms with Gasteiger partial charge in [-0.2, -0.15) is 28.2 Å². The van der Waals surface area contributed by atoms with Crippen molar-refractivity contribution in [2.45, 2.75) is 69.6 Å². The second-order valence-corrected chi connectivity index (χ2v) is 13.9. The zero-order valence-corrected chi connectivity index (χ0v) is 28.0. The van der Waals surface area contributed by atoms with Crippen LogP contribution in [0.3, 0.4) is 0 Å². The zero-order valence-electron chi connectivity index (χ0n) is 27.2. The lowest BCUT2D eigenvalue weighted by molar-refractivity contribution is -0.140. The van der Waals surface area contributed by atoms with Crippen LogP contribution in [0.15, 0.2) is 24.3 Å². The minimum absolute atomic E-state index is 0.0662. The number of benzene rings is 1. The molecule has 49 heavy (non-hydrogen) atoms. The van der Waals surface area contributed by atoms with Crippen LogP contribution >= 0.6 is 11.6 Å². The Balaban J connectivity index is 1.27. The summed E-state index contributed by atoms with van der Waals surface area (Å²) in [5.74, 6) is -0.960. The van der Waals surface area contributed by atoms with Crippen molar-refractivity contribution < 1.29 is 31.8 Å². The molecule has 0 bridgehead atoms. The summed E-state index contributed by atoms with van der Waals surface area (Å²) < 4.78 is 72.3. The molecule has 7 rings (SSSR count). The Morgan fingerprint density at radius 1 is 1.20 bits per heavy atom. The van der Waals surface area contributed by atoms with Crippen molar-refractivity contribution in [3.63, 3.8) is 0 Å². The number of halogens is 5. The lowest BCUT2D eigenvalue weighted by atomic mass is 9.93. The average Bonchev–Trinajstić information content (AvgIpc) is 3.66. The highest BCUT2D eigenvalue weighted by Crippen LogP contribution is 2.46. The Labute approximate surface area is 285 Å². The largest absolute Gasteiger partial charge is 0.461 e. The number of rotatable bonds is 6. The van der Waals surface area contributed by atoms with Crippen molar-refractivity contribution in [2.24, 2.45) is 0 Å². The molecule has 2 N–H and O–H groups in total. The first-order valence-electron chi connectivity index (χ1n) is 16.2. The van der Waals surface area contributed by atoms with Gasteiger partial charge in [0, 0.05) is 51.3 Å². The molecule has 2 atom stereocenters. The van der Waals surface area contributed by atoms with E-state index in [4.69, 9.17) is 36.8 Å². The number of nitrogens with zero attached hydrogens (tertiary/aromatic N) is 7. The zero-order chi connectivity index (χ0) is 34.8. The summed E-state index contributed by atoms with van der Waals surface area (Å²) in [6.45, 7) is 7.51. The number of aryl methyl sites for hydroxylation is 1. The van der Waals surface area contributed by atoms with E-state index in [-0.39, 0.29) is 30.5 Å². The molecular weight excluding hydrogens is 668 g/mol. The summed E-state index contributed by atoms with van der Waals surface area (Å²) in [6, 6.07) is 2.58. The number of ether oxygens (including phenoxy) is 2. The summed E-state index contributed by atoms with van der Waals surface area (Å²) in [5, 5.41) is 3.81. The highest BCUT2D eigenvalue weighted by molar-refractivity contribution is 6.31. The predicted molar refractivity (Wildman–Crippen MR) is 173 cm³/mol. The Morgan fingerprint density at radius 2 is 2.00 bits per heavy atom. The van der Waals surface area contributed by atoms with Gasteiger partial charge in [0.1, 0.15) is 12.4 Å². The van der Waals surface area contributed by atoms with Crippen molar-refractivity contribution in [1.29, 1.82) is 0 Å². The number of anilines is 2. The van der Waals surface area contributed by atoms with Gasteiger partial charge in [-0.15, -0.1) is 0 Å². The fraction of sp³-hybridized carbons (Fsp3) is 0.515. The lowest BCUT2D eigenvalue weighted by Gasteiger charge is -2.33. The smallest absolute Gasteiger partial charge is 0.418 e. The molecule has 6 heterocycles. The summed E-state index contributed by atoms with van der Waals surface area (Å²) >= 11 is 6.00. The number of carbonyl (C=O) groups excluding carboxylic acids is 1. The average molecular weight is 705 g/mol. The van der Waals surface area contributed by atoms with Crippen LogP contribution in [0.1, 0.15) is 70.4 Å². The van der Waals surface area contributed by atoms with Crippen LogP contribution < -0.4 is 15.4 Å². The quantitative estimate of drug-likeness (QED) is 0.211. The summed E-state index contributed by atoms with van der Waals surface area (Å²) in [4.78, 5) is 28.1. The second kappa shape index (κ2) is 12.4. The van der Waals surface area contributed by atoms with Crippen molar-refractivity contribution in [1.82, 2.24) is 29.5 Å². The van der Waals surface area contributed by atoms with Crippen LogP contribution in [0.4, 0.5) is 29.1 Å². The highest BCUT2D eigenvalue weighted by Gasteiger charge is 2.47. The number of amides is 1. The van der Waals surface area contributed by atoms with Gasteiger partial charge < -0.3 is 25.0 Å². The molecule has 2 fully saturated rings. The molecular formula is C33H37ClF4N8O3. The Kier molecular flexibility index (Phi) is 8.51. The number of carbonyl (C=O) groups is 1. The van der Waals surface area contributed by atoms with Gasteiger partial charge in [-0.1, -0.05) is 23.8 Å². The molecule has 4 aliphatic rings. The number of nitrogen functional groups attached to an aromatic ring is 1. The maximum Gasteiger partial charge on any atom is 0.418 e. The minimum atomic E-state index is -4.96. The van der Waals surface area contributed by atoms with E-state index in [1.807, 2.05) is 4.90 Å². The molecule has 0 saturated carbocycles. The SMILES string of the molecule is C=C1CN2CCC[C@@]2(COc2nc3c(c(N4CCCn5nc(C(=O)N(C)C)cc5C4)n2)COC(c2c(F)c(N)cc(Cl)c2C(F)(F)F)C3)C1. The molecule has 0 aliphatic carbocycles. The first-order chi connectivity index (χ1) is 23.2. The molecule has 11 nitrogen and oxygen atoms in total. The topological polar surface area (TPSA) is 115 Å². The van der Waals surface area contributed by atoms with Crippen LogP contribution in [0.5, 0.6) is 6.01 Å². The molecule has 2 saturated heterocycles. The van der Waals surface area contributed by atoms with E-state index in [9.17, 15) is 18.0 Å². The van der Waals surface area contributed by atoms with Crippen molar-refractivity contribution in [3.05, 3.63) is 68.9 Å². The van der Waals surface area contributed by atoms with Gasteiger partial charge in [0.05, 0.1) is 52.5 Å². The van der Waals surface area contributed by atoms with E-state index in [0.717, 1.165) is 49.7 Å². The number of nitrogens with two attached hydrogens (primary N) is 1. The minimum Gasteiger partial charge on any atom is -0.461 e. The van der Waals surface area contributed by atoms with Gasteiger partial charge in [-0.3, -0.25) is 14.4 Å². The predicted octanol–water partition coefficient (Wildman–Crippen LogP) is 5.17. The fourth-order valence-electron chi connectivity index (χ4n) is 7.62. The number of alkyl halides is 3. The summed E-state index contributed by atoms with van der Waals surface area (Å²) in [6.07, 6.45) is -3.13. The molecule has 1 amide bonds. The molecule has 1 aromatic carbocycles. The fourth-order valence-corrected chi connectivity index (χ4v) is 7.95. The summed E-state index contributed by atoms with van der Waals surface area (Å²) in [7, 11) is 3.32. The van der Waals surface area contributed by atoms with Crippen molar-refractivity contribution in [2.75, 3.05) is 51.0 Å². The third kappa shape index (κ3) is 6.09. The van der Waals surface area contributed by atoms with Gasteiger partial charge in [0.15, 0.2) is 11.5 Å². The van der Waals surface area contributed by atoms with Gasteiger partial charge in [-0.25, -0.2) is 4.39 Å². The van der Waals surface area contributed by atoms with Gasteiger partial charge in [0.2, 0.25) is 0 Å². The van der Waals surface area contributed by atoms with Crippen LogP contribution in [0, 0.1) is 5.82 Å². The molecule has 3 aromatic rings. The Bertz CT molecular complexity index is 1830. The van der Waals surface area contributed by atoms with E-state index in [1.165, 1.54) is 4.90 Å². The monoisotopic (exact) mass is 704 g/mol. The third-order valence-electron chi connectivity index (χ3n) is 9.89. The number of aromatic nitrogens is 4. The maximum absolute atomic E-state index is 15.4. The molecule has 0 radical (unpaired) electrons. The number of hydrogen-bond acceptors (Lipinski definition) is 9. The Morgan fingerprint density at radius 3 is 2.76 bits per heavy atom. The van der Waals surface area contributed by atoms with E-state index < -0.39 is 39.9 Å². The lowest BCUT2D eigenvalue weighted by Crippen LogP contribution is -2.43. The van der Waals surface area contributed by atoms with E-state index in [1.54, 1.807) is 24.8 Å². The molecule has 16 heteroatoms. The summed E-state index contributed by atoms with van der Waals surface area (Å²) in [5.41, 5.74) is 6.10. The second-order valence-electron chi connectivity index (χ2n) is 13.5. The highest BCUT2D eigenvalue weighted by atomic mass is 35.5. The molecule has 1 unspecified atom stereocenters. The standard InChI is InChI=1S/C33H37ClF4N8O3/c1-18-13-32(6-4-8-45(32)14-18)17-49-31-40-23-12-25(26-27(33(36,37)38)21(34)11-22(39)28(26)35)48-16-20(23)29(41-31)44-7-5-9-46-19(15-44)10-24(42-46)30(47)43(2)3/h10-11,25H,1,4-9,12-17,39H2,2-3H3/t25?,32-/m0/s1. The molecule has 4 aliphatic heterocycles. The first-order valence-corrected chi connectivity index (χ1v) is 16.6. The molecule has 0 spiro atoms. The van der Waals surface area contributed by atoms with Gasteiger partial charge in [-0.05, 0) is 44.4 Å². The van der Waals surface area contributed by atoms with Crippen LogP contribution in [0.25, 0.3) is 0 Å². The molecule has 2 aromatic heterocycles. The van der Waals surface area contributed by atoms with Crippen molar-refractivity contribution >= 4 is 29.0 Å². The third-order valence-corrected chi connectivity index (χ3v) is 10.2. The normalized spacial score (nSPS) is 22.5. The van der Waals surface area contributed by atoms with E-state index in [0.29, 0.717) is 55.4 Å². The van der Waals surface area contributed by atoms with Crippen molar-refractivity contribution in [3.8, 4) is 6.01 Å². The van der Waals surface area contributed by atoms with Crippen LogP contribution in [-0.4, -0.2) is 81.3 Å². The van der Waals surface area contributed by atoms with Crippen LogP contribution in [0.2, 0.25) is 5.02 Å². The maximum atomic E-state index is 15.4. The van der Waals surface area contributed by atoms with Gasteiger partial charge in [0.25, 0.3) is 5.91 Å². The van der Waals surface area contributed by atoms with Crippen LogP contribution in [-0.2, 0) is 37.0 Å². The molecule has 262 valence electrons. The first kappa shape index (κ1) is 33.5. The van der Waals surface area contributed by atoms with E-state index in [2.05, 4.69) is 16.6 Å².